The Labute approximate surface area is 76.9 Å². The zero-order chi connectivity index (χ0) is 7.53. The summed E-state index contributed by atoms with van der Waals surface area (Å²) in [4.78, 5) is 0. The van der Waals surface area contributed by atoms with Crippen molar-refractivity contribution in [1.82, 2.24) is 0 Å². The van der Waals surface area contributed by atoms with Gasteiger partial charge < -0.3 is 0 Å². The first-order valence-corrected chi connectivity index (χ1v) is 5.97. The summed E-state index contributed by atoms with van der Waals surface area (Å²) in [5, 5.41) is 1.27. The predicted octanol–water partition coefficient (Wildman–Crippen LogP) is 3.35. The zero-order valence-electron chi connectivity index (χ0n) is 6.91. The monoisotopic (exact) mass is 214 g/mol. The molecule has 1 heteroatoms. The van der Waals surface area contributed by atoms with Crippen molar-refractivity contribution in [1.29, 1.82) is 0 Å². The van der Waals surface area contributed by atoms with Crippen molar-refractivity contribution in [3.8, 4) is 0 Å². The van der Waals surface area contributed by atoms with E-state index < -0.39 is 0 Å². The minimum absolute atomic E-state index is 0.801. The molecule has 11 heavy (non-hydrogen) atoms. The number of alkyl halides is 1. The van der Waals surface area contributed by atoms with Crippen LogP contribution in [0.4, 0.5) is 0 Å². The molecule has 0 saturated heterocycles. The largest absolute Gasteiger partial charge is 0.0922 e. The van der Waals surface area contributed by atoms with Crippen LogP contribution in [0.5, 0.6) is 0 Å². The fourth-order valence-electron chi connectivity index (χ4n) is 3.68. The van der Waals surface area contributed by atoms with Crippen molar-refractivity contribution in [2.45, 2.75) is 38.5 Å². The van der Waals surface area contributed by atoms with Gasteiger partial charge in [0, 0.05) is 5.33 Å². The Kier molecular flexibility index (Phi) is 1.18. The van der Waals surface area contributed by atoms with Gasteiger partial charge >= 0.3 is 0 Å². The zero-order valence-corrected chi connectivity index (χ0v) is 8.49. The molecule has 0 atom stereocenters. The molecule has 0 heterocycles. The van der Waals surface area contributed by atoms with Crippen LogP contribution >= 0.6 is 15.9 Å². The molecule has 4 fully saturated rings. The van der Waals surface area contributed by atoms with Gasteiger partial charge in [0.1, 0.15) is 0 Å². The van der Waals surface area contributed by atoms with E-state index in [1.165, 1.54) is 11.8 Å². The summed E-state index contributed by atoms with van der Waals surface area (Å²) in [6, 6.07) is 0. The minimum atomic E-state index is 0.801. The van der Waals surface area contributed by atoms with Crippen molar-refractivity contribution in [3.05, 3.63) is 0 Å². The molecule has 0 aromatic heterocycles. The van der Waals surface area contributed by atoms with Crippen LogP contribution in [0.25, 0.3) is 0 Å². The van der Waals surface area contributed by atoms with Gasteiger partial charge in [-0.15, -0.1) is 0 Å². The summed E-state index contributed by atoms with van der Waals surface area (Å²) in [6.45, 7) is 0. The second-order valence-corrected chi connectivity index (χ2v) is 5.71. The molecular weight excluding hydrogens is 200 g/mol. The first-order valence-electron chi connectivity index (χ1n) is 4.85. The van der Waals surface area contributed by atoms with Crippen molar-refractivity contribution in [2.75, 3.05) is 5.33 Å². The number of halogens is 1. The van der Waals surface area contributed by atoms with Gasteiger partial charge in [0.15, 0.2) is 0 Å². The molecule has 4 aliphatic rings. The van der Waals surface area contributed by atoms with E-state index in [1.54, 1.807) is 32.1 Å². The molecule has 2 bridgehead atoms. The smallest absolute Gasteiger partial charge is 0.00885 e. The predicted molar refractivity (Wildman–Crippen MR) is 49.9 cm³/mol. The van der Waals surface area contributed by atoms with Crippen molar-refractivity contribution >= 4 is 15.9 Å². The lowest BCUT2D eigenvalue weighted by Crippen LogP contribution is -2.66. The van der Waals surface area contributed by atoms with E-state index >= 15 is 0 Å². The third kappa shape index (κ3) is 0.672. The Morgan fingerprint density at radius 3 is 2.18 bits per heavy atom. The van der Waals surface area contributed by atoms with Gasteiger partial charge in [0.25, 0.3) is 0 Å². The fourth-order valence-corrected chi connectivity index (χ4v) is 4.28. The third-order valence-corrected chi connectivity index (χ3v) is 5.63. The molecule has 0 aromatic carbocycles. The van der Waals surface area contributed by atoms with Gasteiger partial charge in [0.2, 0.25) is 0 Å². The lowest BCUT2D eigenvalue weighted by molar-refractivity contribution is -0.235. The molecule has 62 valence electrons. The highest BCUT2D eigenvalue weighted by Gasteiger charge is 2.69. The lowest BCUT2D eigenvalue weighted by Gasteiger charge is -2.75. The molecule has 0 radical (unpaired) electrons. The molecule has 0 aliphatic heterocycles. The van der Waals surface area contributed by atoms with E-state index in [9.17, 15) is 0 Å². The average Bonchev–Trinajstić information content (AvgIpc) is 1.68. The molecule has 4 saturated carbocycles. The summed E-state index contributed by atoms with van der Waals surface area (Å²) < 4.78 is 0. The quantitative estimate of drug-likeness (QED) is 0.619. The maximum absolute atomic E-state index is 3.63. The van der Waals surface area contributed by atoms with E-state index in [0.717, 1.165) is 16.7 Å². The second-order valence-electron chi connectivity index (χ2n) is 5.15. The lowest BCUT2D eigenvalue weighted by atomic mass is 9.31. The molecule has 0 spiro atoms. The standard InChI is InChI=1S/C10H15Br/c11-7-9-4-10(5-9,6-9)8-2-1-3-8/h8H,1-7H2. The van der Waals surface area contributed by atoms with Crippen LogP contribution in [0.15, 0.2) is 0 Å². The van der Waals surface area contributed by atoms with Crippen LogP contribution < -0.4 is 0 Å². The summed E-state index contributed by atoms with van der Waals surface area (Å²) in [5.74, 6) is 1.16. The highest BCUT2D eigenvalue weighted by atomic mass is 79.9. The molecule has 0 amide bonds. The molecule has 0 N–H and O–H groups in total. The van der Waals surface area contributed by atoms with Crippen LogP contribution in [-0.4, -0.2) is 5.33 Å². The van der Waals surface area contributed by atoms with Crippen LogP contribution in [-0.2, 0) is 0 Å². The Hall–Kier alpha value is 0.480. The first-order chi connectivity index (χ1) is 5.29. The Bertz CT molecular complexity index is 173. The molecule has 0 unspecified atom stereocenters. The number of hydrogen-bond donors (Lipinski definition) is 0. The second kappa shape index (κ2) is 1.86. The maximum Gasteiger partial charge on any atom is 0.00885 e. The number of rotatable bonds is 2. The van der Waals surface area contributed by atoms with E-state index in [1.807, 2.05) is 0 Å². The SMILES string of the molecule is BrCC12CC(C3CCC3)(C1)C2. The minimum Gasteiger partial charge on any atom is -0.0922 e. The first kappa shape index (κ1) is 6.94. The van der Waals surface area contributed by atoms with Gasteiger partial charge in [-0.05, 0) is 48.9 Å². The third-order valence-electron chi connectivity index (χ3n) is 4.44. The Morgan fingerprint density at radius 1 is 1.18 bits per heavy atom. The van der Waals surface area contributed by atoms with Gasteiger partial charge in [-0.1, -0.05) is 22.4 Å². The highest BCUT2D eigenvalue weighted by Crippen LogP contribution is 2.78. The summed E-state index contributed by atoms with van der Waals surface area (Å²) in [6.07, 6.45) is 9.33. The van der Waals surface area contributed by atoms with Gasteiger partial charge in [0.05, 0.1) is 0 Å². The summed E-state index contributed by atoms with van der Waals surface area (Å²) >= 11 is 3.63. The van der Waals surface area contributed by atoms with Crippen LogP contribution in [0.3, 0.4) is 0 Å². The van der Waals surface area contributed by atoms with Crippen LogP contribution in [0, 0.1) is 16.7 Å². The normalized spacial score (nSPS) is 54.3. The molecule has 0 nitrogen and oxygen atoms in total. The van der Waals surface area contributed by atoms with Gasteiger partial charge in [-0.25, -0.2) is 0 Å². The average molecular weight is 215 g/mol. The molecule has 4 rings (SSSR count). The van der Waals surface area contributed by atoms with Crippen molar-refractivity contribution in [2.24, 2.45) is 16.7 Å². The molecule has 0 aromatic rings. The number of hydrogen-bond acceptors (Lipinski definition) is 0. The van der Waals surface area contributed by atoms with E-state index in [2.05, 4.69) is 15.9 Å². The van der Waals surface area contributed by atoms with E-state index in [-0.39, 0.29) is 0 Å². The fraction of sp³-hybridized carbons (Fsp3) is 1.00. The molecular formula is C10H15Br. The van der Waals surface area contributed by atoms with Crippen LogP contribution in [0.2, 0.25) is 0 Å². The van der Waals surface area contributed by atoms with E-state index in [0.29, 0.717) is 0 Å². The highest BCUT2D eigenvalue weighted by molar-refractivity contribution is 9.09. The Balaban J connectivity index is 1.68. The van der Waals surface area contributed by atoms with Crippen molar-refractivity contribution in [3.63, 3.8) is 0 Å². The topological polar surface area (TPSA) is 0 Å². The summed E-state index contributed by atoms with van der Waals surface area (Å²) in [7, 11) is 0. The summed E-state index contributed by atoms with van der Waals surface area (Å²) in [5.41, 5.74) is 1.70. The van der Waals surface area contributed by atoms with Crippen LogP contribution in [0.1, 0.15) is 38.5 Å². The van der Waals surface area contributed by atoms with Crippen molar-refractivity contribution < 1.29 is 0 Å². The van der Waals surface area contributed by atoms with Gasteiger partial charge in [-0.2, -0.15) is 0 Å². The van der Waals surface area contributed by atoms with Gasteiger partial charge in [-0.3, -0.25) is 0 Å². The Morgan fingerprint density at radius 2 is 1.82 bits per heavy atom. The molecule has 4 aliphatic carbocycles. The van der Waals surface area contributed by atoms with E-state index in [4.69, 9.17) is 0 Å². The maximum atomic E-state index is 3.63.